The zero-order valence-electron chi connectivity index (χ0n) is 19.8. The number of piperazine rings is 1. The molecular weight excluding hydrogens is 358 g/mol. The van der Waals surface area contributed by atoms with Crippen molar-refractivity contribution in [1.29, 1.82) is 0 Å². The highest BCUT2D eigenvalue weighted by atomic mass is 16.5. The highest BCUT2D eigenvalue weighted by Crippen LogP contribution is 2.19. The van der Waals surface area contributed by atoms with Crippen molar-refractivity contribution in [1.82, 2.24) is 10.2 Å². The molecule has 2 rings (SSSR count). The fourth-order valence-corrected chi connectivity index (χ4v) is 3.77. The number of hydrogen-bond donors (Lipinski definition) is 1. The van der Waals surface area contributed by atoms with E-state index in [0.29, 0.717) is 6.04 Å². The van der Waals surface area contributed by atoms with E-state index in [2.05, 4.69) is 80.9 Å². The first-order chi connectivity index (χ1) is 13.8. The van der Waals surface area contributed by atoms with Crippen LogP contribution in [-0.2, 0) is 11.3 Å². The first-order valence-corrected chi connectivity index (χ1v) is 11.7. The highest BCUT2D eigenvalue weighted by molar-refractivity contribution is 5.48. The van der Waals surface area contributed by atoms with Crippen molar-refractivity contribution < 1.29 is 4.74 Å². The second-order valence-electron chi connectivity index (χ2n) is 9.92. The van der Waals surface area contributed by atoms with Crippen molar-refractivity contribution in [2.24, 2.45) is 5.92 Å². The number of nitrogens with one attached hydrogen (secondary N) is 1. The minimum Gasteiger partial charge on any atom is -0.381 e. The van der Waals surface area contributed by atoms with Gasteiger partial charge in [-0.1, -0.05) is 26.0 Å². The van der Waals surface area contributed by atoms with E-state index in [0.717, 1.165) is 58.3 Å². The summed E-state index contributed by atoms with van der Waals surface area (Å²) in [5.74, 6) is 0.771. The van der Waals surface area contributed by atoms with Gasteiger partial charge < -0.3 is 15.0 Å². The van der Waals surface area contributed by atoms with E-state index in [1.807, 2.05) is 0 Å². The lowest BCUT2D eigenvalue weighted by Gasteiger charge is -2.38. The van der Waals surface area contributed by atoms with Crippen LogP contribution in [0.15, 0.2) is 24.3 Å². The van der Waals surface area contributed by atoms with Crippen LogP contribution >= 0.6 is 0 Å². The van der Waals surface area contributed by atoms with Gasteiger partial charge in [-0.2, -0.15) is 0 Å². The first kappa shape index (κ1) is 24.2. The summed E-state index contributed by atoms with van der Waals surface area (Å²) in [6.45, 7) is 20.9. The van der Waals surface area contributed by atoms with E-state index in [4.69, 9.17) is 4.74 Å². The first-order valence-electron chi connectivity index (χ1n) is 11.7. The molecule has 0 aliphatic carbocycles. The van der Waals surface area contributed by atoms with Crippen LogP contribution in [0.25, 0.3) is 0 Å². The Labute approximate surface area is 180 Å². The maximum absolute atomic E-state index is 5.83. The number of anilines is 1. The van der Waals surface area contributed by atoms with Crippen molar-refractivity contribution in [2.75, 3.05) is 44.3 Å². The standard InChI is InChI=1S/C25H45N3O/c1-21(2)8-7-18-29-19-13-25(5,6)26-20-23-9-11-24(12-10-23)28-16-14-27(15-17-28)22(3)4/h9-12,21-22,26H,7-8,13-20H2,1-6H3. The summed E-state index contributed by atoms with van der Waals surface area (Å²) in [7, 11) is 0. The molecule has 1 aliphatic heterocycles. The zero-order valence-corrected chi connectivity index (χ0v) is 19.8. The van der Waals surface area contributed by atoms with Crippen molar-refractivity contribution in [2.45, 2.75) is 78.9 Å². The van der Waals surface area contributed by atoms with Gasteiger partial charge in [-0.15, -0.1) is 0 Å². The van der Waals surface area contributed by atoms with E-state index < -0.39 is 0 Å². The Morgan fingerprint density at radius 3 is 2.21 bits per heavy atom. The van der Waals surface area contributed by atoms with Gasteiger partial charge in [0.25, 0.3) is 0 Å². The molecule has 166 valence electrons. The maximum atomic E-state index is 5.83. The molecule has 0 bridgehead atoms. The second kappa shape index (κ2) is 11.9. The molecule has 0 radical (unpaired) electrons. The molecule has 29 heavy (non-hydrogen) atoms. The van der Waals surface area contributed by atoms with Crippen LogP contribution in [0.5, 0.6) is 0 Å². The van der Waals surface area contributed by atoms with E-state index in [1.165, 1.54) is 24.1 Å². The maximum Gasteiger partial charge on any atom is 0.0483 e. The Morgan fingerprint density at radius 1 is 0.966 bits per heavy atom. The number of ether oxygens (including phenoxy) is 1. The molecule has 0 amide bonds. The molecule has 1 aliphatic rings. The number of rotatable bonds is 12. The lowest BCUT2D eigenvalue weighted by atomic mass is 10.0. The smallest absolute Gasteiger partial charge is 0.0483 e. The van der Waals surface area contributed by atoms with E-state index in [1.54, 1.807) is 0 Å². The Morgan fingerprint density at radius 2 is 1.62 bits per heavy atom. The van der Waals surface area contributed by atoms with Crippen molar-refractivity contribution in [3.8, 4) is 0 Å². The van der Waals surface area contributed by atoms with Crippen LogP contribution < -0.4 is 10.2 Å². The van der Waals surface area contributed by atoms with Crippen LogP contribution in [0.4, 0.5) is 5.69 Å². The molecule has 0 spiro atoms. The lowest BCUT2D eigenvalue weighted by Crippen LogP contribution is -2.48. The van der Waals surface area contributed by atoms with Gasteiger partial charge in [-0.3, -0.25) is 4.90 Å². The van der Waals surface area contributed by atoms with Gasteiger partial charge in [-0.25, -0.2) is 0 Å². The lowest BCUT2D eigenvalue weighted by molar-refractivity contribution is 0.107. The third-order valence-electron chi connectivity index (χ3n) is 6.06. The summed E-state index contributed by atoms with van der Waals surface area (Å²) in [6, 6.07) is 9.77. The molecular formula is C25H45N3O. The van der Waals surface area contributed by atoms with Gasteiger partial charge in [0.05, 0.1) is 0 Å². The molecule has 1 N–H and O–H groups in total. The van der Waals surface area contributed by atoms with Crippen molar-refractivity contribution in [3.63, 3.8) is 0 Å². The molecule has 1 aromatic carbocycles. The third kappa shape index (κ3) is 9.06. The van der Waals surface area contributed by atoms with E-state index >= 15 is 0 Å². The van der Waals surface area contributed by atoms with Gasteiger partial charge in [0.15, 0.2) is 0 Å². The van der Waals surface area contributed by atoms with Gasteiger partial charge in [0.2, 0.25) is 0 Å². The molecule has 1 aromatic rings. The second-order valence-corrected chi connectivity index (χ2v) is 9.92. The van der Waals surface area contributed by atoms with Crippen LogP contribution in [0.3, 0.4) is 0 Å². The van der Waals surface area contributed by atoms with Gasteiger partial charge in [0, 0.05) is 63.2 Å². The molecule has 1 fully saturated rings. The Hall–Kier alpha value is -1.10. The summed E-state index contributed by atoms with van der Waals surface area (Å²) in [6.07, 6.45) is 3.46. The zero-order chi connectivity index (χ0) is 21.3. The molecule has 4 nitrogen and oxygen atoms in total. The Balaban J connectivity index is 1.68. The summed E-state index contributed by atoms with van der Waals surface area (Å²) >= 11 is 0. The Bertz CT molecular complexity index is 560. The molecule has 4 heteroatoms. The Kier molecular flexibility index (Phi) is 9.94. The molecule has 1 heterocycles. The average Bonchev–Trinajstić information content (AvgIpc) is 2.69. The average molecular weight is 404 g/mol. The van der Waals surface area contributed by atoms with E-state index in [-0.39, 0.29) is 5.54 Å². The van der Waals surface area contributed by atoms with Crippen LogP contribution in [-0.4, -0.2) is 55.9 Å². The summed E-state index contributed by atoms with van der Waals surface area (Å²) in [4.78, 5) is 5.07. The van der Waals surface area contributed by atoms with E-state index in [9.17, 15) is 0 Å². The number of nitrogens with zero attached hydrogens (tertiary/aromatic N) is 2. The predicted octanol–water partition coefficient (Wildman–Crippen LogP) is 4.93. The minimum atomic E-state index is 0.0872. The van der Waals surface area contributed by atoms with Crippen LogP contribution in [0.2, 0.25) is 0 Å². The molecule has 0 aromatic heterocycles. The normalized spacial score (nSPS) is 16.2. The largest absolute Gasteiger partial charge is 0.381 e. The fraction of sp³-hybridized carbons (Fsp3) is 0.760. The number of benzene rings is 1. The molecule has 0 atom stereocenters. The summed E-state index contributed by atoms with van der Waals surface area (Å²) < 4.78 is 5.83. The van der Waals surface area contributed by atoms with Gasteiger partial charge >= 0.3 is 0 Å². The minimum absolute atomic E-state index is 0.0872. The fourth-order valence-electron chi connectivity index (χ4n) is 3.77. The predicted molar refractivity (Wildman–Crippen MR) is 126 cm³/mol. The third-order valence-corrected chi connectivity index (χ3v) is 6.06. The van der Waals surface area contributed by atoms with Crippen LogP contribution in [0.1, 0.15) is 66.4 Å². The molecule has 0 unspecified atom stereocenters. The van der Waals surface area contributed by atoms with Crippen LogP contribution in [0, 0.1) is 5.92 Å². The topological polar surface area (TPSA) is 27.7 Å². The number of hydrogen-bond acceptors (Lipinski definition) is 4. The van der Waals surface area contributed by atoms with Crippen molar-refractivity contribution in [3.05, 3.63) is 29.8 Å². The van der Waals surface area contributed by atoms with Crippen molar-refractivity contribution >= 4 is 5.69 Å². The molecule has 1 saturated heterocycles. The monoisotopic (exact) mass is 403 g/mol. The summed E-state index contributed by atoms with van der Waals surface area (Å²) in [5, 5.41) is 3.70. The quantitative estimate of drug-likeness (QED) is 0.501. The highest BCUT2D eigenvalue weighted by Gasteiger charge is 2.19. The van der Waals surface area contributed by atoms with Gasteiger partial charge in [-0.05, 0) is 70.6 Å². The molecule has 0 saturated carbocycles. The SMILES string of the molecule is CC(C)CCCOCCC(C)(C)NCc1ccc(N2CCN(C(C)C)CC2)cc1. The summed E-state index contributed by atoms with van der Waals surface area (Å²) in [5.41, 5.74) is 2.79. The van der Waals surface area contributed by atoms with Gasteiger partial charge in [0.1, 0.15) is 0 Å².